The first-order valence-electron chi connectivity index (χ1n) is 8.85. The molecule has 2 heterocycles. The Morgan fingerprint density at radius 2 is 1.92 bits per heavy atom. The Hall–Kier alpha value is -2.43. The predicted molar refractivity (Wildman–Crippen MR) is 98.9 cm³/mol. The summed E-state index contributed by atoms with van der Waals surface area (Å²) < 4.78 is 7.77. The van der Waals surface area contributed by atoms with Crippen LogP contribution in [-0.4, -0.2) is 34.2 Å². The van der Waals surface area contributed by atoms with E-state index in [-0.39, 0.29) is 17.6 Å². The molecule has 0 aliphatic carbocycles. The second-order valence-electron chi connectivity index (χ2n) is 7.40. The van der Waals surface area contributed by atoms with Gasteiger partial charge in [-0.2, -0.15) is 0 Å². The maximum absolute atomic E-state index is 12.9. The van der Waals surface area contributed by atoms with Crippen molar-refractivity contribution in [3.05, 3.63) is 53.9 Å². The number of ether oxygens (including phenoxy) is 1. The zero-order valence-electron chi connectivity index (χ0n) is 15.5. The van der Waals surface area contributed by atoms with Gasteiger partial charge in [0.15, 0.2) is 0 Å². The second-order valence-corrected chi connectivity index (χ2v) is 7.40. The third kappa shape index (κ3) is 3.81. The minimum Gasteiger partial charge on any atom is -0.494 e. The van der Waals surface area contributed by atoms with Crippen molar-refractivity contribution in [1.82, 2.24) is 14.8 Å². The highest BCUT2D eigenvalue weighted by Crippen LogP contribution is 2.33. The van der Waals surface area contributed by atoms with Gasteiger partial charge in [0, 0.05) is 30.5 Å². The zero-order chi connectivity index (χ0) is 18.0. The first-order chi connectivity index (χ1) is 11.9. The number of nitrogens with one attached hydrogen (secondary N) is 1. The van der Waals surface area contributed by atoms with E-state index < -0.39 is 0 Å². The van der Waals surface area contributed by atoms with Crippen LogP contribution in [0.15, 0.2) is 42.6 Å². The molecule has 1 N–H and O–H groups in total. The maximum Gasteiger partial charge on any atom is 0.318 e. The number of amides is 2. The standard InChI is InChI=1S/C20H27N3O2/c1-5-25-16-10-8-15(9-11-16)18-17-7-6-12-22(17)13-14-23(18)19(24)21-20(2,3)4/h6-12,18H,5,13-14H2,1-4H3,(H,21,24). The van der Waals surface area contributed by atoms with Gasteiger partial charge >= 0.3 is 6.03 Å². The molecule has 0 radical (unpaired) electrons. The van der Waals surface area contributed by atoms with Crippen molar-refractivity contribution in [3.8, 4) is 5.75 Å². The molecule has 134 valence electrons. The van der Waals surface area contributed by atoms with Crippen molar-refractivity contribution in [1.29, 1.82) is 0 Å². The third-order valence-electron chi connectivity index (χ3n) is 4.29. The Labute approximate surface area is 149 Å². The van der Waals surface area contributed by atoms with E-state index in [0.717, 1.165) is 23.6 Å². The lowest BCUT2D eigenvalue weighted by Crippen LogP contribution is -2.52. The molecule has 25 heavy (non-hydrogen) atoms. The normalized spacial score (nSPS) is 17.1. The minimum absolute atomic E-state index is 0.0289. The summed E-state index contributed by atoms with van der Waals surface area (Å²) in [5.41, 5.74) is 1.96. The quantitative estimate of drug-likeness (QED) is 0.923. The van der Waals surface area contributed by atoms with Crippen molar-refractivity contribution in [3.63, 3.8) is 0 Å². The van der Waals surface area contributed by atoms with Crippen LogP contribution in [0.5, 0.6) is 5.75 Å². The van der Waals surface area contributed by atoms with Gasteiger partial charge in [-0.1, -0.05) is 12.1 Å². The van der Waals surface area contributed by atoms with Gasteiger partial charge in [0.25, 0.3) is 0 Å². The number of carbonyl (C=O) groups is 1. The van der Waals surface area contributed by atoms with Crippen LogP contribution >= 0.6 is 0 Å². The van der Waals surface area contributed by atoms with Crippen LogP contribution < -0.4 is 10.1 Å². The molecule has 2 aromatic rings. The average Bonchev–Trinajstić information content (AvgIpc) is 3.02. The van der Waals surface area contributed by atoms with E-state index in [1.807, 2.05) is 50.8 Å². The number of rotatable bonds is 3. The smallest absolute Gasteiger partial charge is 0.318 e. The Morgan fingerprint density at radius 1 is 1.20 bits per heavy atom. The first kappa shape index (κ1) is 17.4. The van der Waals surface area contributed by atoms with Gasteiger partial charge in [-0.25, -0.2) is 4.79 Å². The van der Waals surface area contributed by atoms with Crippen LogP contribution in [-0.2, 0) is 6.54 Å². The molecule has 1 atom stereocenters. The number of fused-ring (bicyclic) bond motifs is 1. The molecule has 0 saturated carbocycles. The second kappa shape index (κ2) is 6.82. The van der Waals surface area contributed by atoms with Crippen molar-refractivity contribution < 1.29 is 9.53 Å². The van der Waals surface area contributed by atoms with E-state index in [0.29, 0.717) is 13.2 Å². The first-order valence-corrected chi connectivity index (χ1v) is 8.85. The van der Waals surface area contributed by atoms with Gasteiger partial charge < -0.3 is 19.5 Å². The summed E-state index contributed by atoms with van der Waals surface area (Å²) in [4.78, 5) is 14.8. The van der Waals surface area contributed by atoms with E-state index >= 15 is 0 Å². The number of benzene rings is 1. The summed E-state index contributed by atoms with van der Waals surface area (Å²) in [6, 6.07) is 12.1. The van der Waals surface area contributed by atoms with Crippen molar-refractivity contribution in [2.75, 3.05) is 13.2 Å². The Balaban J connectivity index is 1.94. The van der Waals surface area contributed by atoms with E-state index in [1.54, 1.807) is 0 Å². The molecule has 1 aromatic heterocycles. The summed E-state index contributed by atoms with van der Waals surface area (Å²) in [5.74, 6) is 0.850. The molecule has 0 bridgehead atoms. The van der Waals surface area contributed by atoms with Gasteiger partial charge in [-0.15, -0.1) is 0 Å². The summed E-state index contributed by atoms with van der Waals surface area (Å²) in [6.45, 7) is 10.1. The lowest BCUT2D eigenvalue weighted by molar-refractivity contribution is 0.161. The highest BCUT2D eigenvalue weighted by atomic mass is 16.5. The fourth-order valence-corrected chi connectivity index (χ4v) is 3.26. The minimum atomic E-state index is -0.264. The zero-order valence-corrected chi connectivity index (χ0v) is 15.5. The number of hydrogen-bond donors (Lipinski definition) is 1. The molecule has 1 aliphatic heterocycles. The summed E-state index contributed by atoms with van der Waals surface area (Å²) >= 11 is 0. The van der Waals surface area contributed by atoms with Crippen molar-refractivity contribution >= 4 is 6.03 Å². The molecule has 1 aromatic carbocycles. The van der Waals surface area contributed by atoms with E-state index in [4.69, 9.17) is 4.74 Å². The molecular weight excluding hydrogens is 314 g/mol. The van der Waals surface area contributed by atoms with Gasteiger partial charge in [-0.05, 0) is 57.5 Å². The van der Waals surface area contributed by atoms with Crippen molar-refractivity contribution in [2.45, 2.75) is 45.8 Å². The van der Waals surface area contributed by atoms with E-state index in [2.05, 4.69) is 34.3 Å². The van der Waals surface area contributed by atoms with Crippen LogP contribution in [0, 0.1) is 0 Å². The fraction of sp³-hybridized carbons (Fsp3) is 0.450. The number of aromatic nitrogens is 1. The Morgan fingerprint density at radius 3 is 2.56 bits per heavy atom. The molecule has 2 amide bonds. The molecule has 1 unspecified atom stereocenters. The molecule has 0 spiro atoms. The molecule has 0 saturated heterocycles. The number of urea groups is 1. The van der Waals surface area contributed by atoms with Gasteiger partial charge in [-0.3, -0.25) is 0 Å². The van der Waals surface area contributed by atoms with Crippen LogP contribution in [0.3, 0.4) is 0 Å². The molecular formula is C20H27N3O2. The van der Waals surface area contributed by atoms with Crippen molar-refractivity contribution in [2.24, 2.45) is 0 Å². The highest BCUT2D eigenvalue weighted by Gasteiger charge is 2.33. The van der Waals surface area contributed by atoms with E-state index in [9.17, 15) is 4.79 Å². The summed E-state index contributed by atoms with van der Waals surface area (Å²) in [5, 5.41) is 3.10. The van der Waals surface area contributed by atoms with Crippen LogP contribution in [0.2, 0.25) is 0 Å². The van der Waals surface area contributed by atoms with Gasteiger partial charge in [0.1, 0.15) is 5.75 Å². The number of hydrogen-bond acceptors (Lipinski definition) is 2. The van der Waals surface area contributed by atoms with Crippen LogP contribution in [0.1, 0.15) is 45.0 Å². The maximum atomic E-state index is 12.9. The molecule has 0 fully saturated rings. The summed E-state index contributed by atoms with van der Waals surface area (Å²) in [6.07, 6.45) is 2.08. The van der Waals surface area contributed by atoms with E-state index in [1.165, 1.54) is 0 Å². The third-order valence-corrected chi connectivity index (χ3v) is 4.29. The van der Waals surface area contributed by atoms with Gasteiger partial charge in [0.2, 0.25) is 0 Å². The number of carbonyl (C=O) groups excluding carboxylic acids is 1. The Kier molecular flexibility index (Phi) is 4.75. The van der Waals surface area contributed by atoms with Gasteiger partial charge in [0.05, 0.1) is 12.6 Å². The number of nitrogens with zero attached hydrogens (tertiary/aromatic N) is 2. The Bertz CT molecular complexity index is 728. The average molecular weight is 341 g/mol. The lowest BCUT2D eigenvalue weighted by Gasteiger charge is -2.39. The predicted octanol–water partition coefficient (Wildman–Crippen LogP) is 3.80. The molecule has 1 aliphatic rings. The largest absolute Gasteiger partial charge is 0.494 e. The lowest BCUT2D eigenvalue weighted by atomic mass is 10.00. The van der Waals surface area contributed by atoms with Crippen LogP contribution in [0.4, 0.5) is 4.79 Å². The topological polar surface area (TPSA) is 46.5 Å². The SMILES string of the molecule is CCOc1ccc(C2c3cccn3CCN2C(=O)NC(C)(C)C)cc1. The molecule has 5 heteroatoms. The molecule has 3 rings (SSSR count). The molecule has 5 nitrogen and oxygen atoms in total. The monoisotopic (exact) mass is 341 g/mol. The fourth-order valence-electron chi connectivity index (χ4n) is 3.26. The van der Waals surface area contributed by atoms with Crippen LogP contribution in [0.25, 0.3) is 0 Å². The highest BCUT2D eigenvalue weighted by molar-refractivity contribution is 5.76. The summed E-state index contributed by atoms with van der Waals surface area (Å²) in [7, 11) is 0.